The van der Waals surface area contributed by atoms with E-state index < -0.39 is 5.97 Å². The lowest BCUT2D eigenvalue weighted by molar-refractivity contribution is -0.131. The number of fused-ring (bicyclic) bond motifs is 1. The SMILES string of the molecule is O=C(O)C=Cc1cc(Br)ccc1OCc1cccc2ccccc12. The Bertz CT molecular complexity index is 910. The number of aliphatic carboxylic acids is 1. The van der Waals surface area contributed by atoms with Crippen LogP contribution in [0.25, 0.3) is 16.8 Å². The van der Waals surface area contributed by atoms with Crippen LogP contribution in [0.4, 0.5) is 0 Å². The van der Waals surface area contributed by atoms with Crippen LogP contribution in [0, 0.1) is 0 Å². The van der Waals surface area contributed by atoms with Crippen LogP contribution < -0.4 is 4.74 Å². The van der Waals surface area contributed by atoms with Crippen LogP contribution >= 0.6 is 15.9 Å². The van der Waals surface area contributed by atoms with Crippen LogP contribution in [0.15, 0.2) is 71.2 Å². The molecule has 0 heterocycles. The summed E-state index contributed by atoms with van der Waals surface area (Å²) in [5.41, 5.74) is 1.80. The van der Waals surface area contributed by atoms with E-state index in [2.05, 4.69) is 34.1 Å². The van der Waals surface area contributed by atoms with Crippen LogP contribution in [0.3, 0.4) is 0 Å². The Morgan fingerprint density at radius 1 is 1.08 bits per heavy atom. The highest BCUT2D eigenvalue weighted by molar-refractivity contribution is 9.10. The van der Waals surface area contributed by atoms with E-state index in [0.717, 1.165) is 21.5 Å². The van der Waals surface area contributed by atoms with Gasteiger partial charge in [0, 0.05) is 16.1 Å². The zero-order valence-electron chi connectivity index (χ0n) is 12.8. The summed E-state index contributed by atoms with van der Waals surface area (Å²) in [6, 6.07) is 19.8. The van der Waals surface area contributed by atoms with Crippen LogP contribution in [-0.4, -0.2) is 11.1 Å². The Kier molecular flexibility index (Phi) is 4.96. The molecule has 0 spiro atoms. The van der Waals surface area contributed by atoms with E-state index in [9.17, 15) is 4.79 Å². The molecule has 0 atom stereocenters. The number of ether oxygens (including phenoxy) is 1. The zero-order chi connectivity index (χ0) is 16.9. The van der Waals surface area contributed by atoms with E-state index in [1.54, 1.807) is 0 Å². The lowest BCUT2D eigenvalue weighted by Gasteiger charge is -2.11. The van der Waals surface area contributed by atoms with E-state index in [4.69, 9.17) is 9.84 Å². The van der Waals surface area contributed by atoms with Gasteiger partial charge in [-0.3, -0.25) is 0 Å². The minimum absolute atomic E-state index is 0.414. The van der Waals surface area contributed by atoms with Crippen molar-refractivity contribution in [1.82, 2.24) is 0 Å². The molecule has 3 nitrogen and oxygen atoms in total. The number of hydrogen-bond donors (Lipinski definition) is 1. The first-order chi connectivity index (χ1) is 11.6. The molecule has 0 saturated carbocycles. The third-order valence-corrected chi connectivity index (χ3v) is 4.13. The maximum atomic E-state index is 10.8. The van der Waals surface area contributed by atoms with Crippen LogP contribution in [0.1, 0.15) is 11.1 Å². The number of benzene rings is 3. The Morgan fingerprint density at radius 2 is 1.88 bits per heavy atom. The van der Waals surface area contributed by atoms with Gasteiger partial charge in [-0.25, -0.2) is 4.79 Å². The molecule has 0 radical (unpaired) electrons. The van der Waals surface area contributed by atoms with E-state index in [1.165, 1.54) is 11.5 Å². The Balaban J connectivity index is 1.87. The summed E-state index contributed by atoms with van der Waals surface area (Å²) in [7, 11) is 0. The van der Waals surface area contributed by atoms with E-state index in [-0.39, 0.29) is 0 Å². The second kappa shape index (κ2) is 7.32. The molecule has 3 aromatic rings. The predicted octanol–water partition coefficient (Wildman–Crippen LogP) is 5.28. The fourth-order valence-corrected chi connectivity index (χ4v) is 2.89. The summed E-state index contributed by atoms with van der Waals surface area (Å²) in [5.74, 6) is -0.349. The summed E-state index contributed by atoms with van der Waals surface area (Å²) in [5, 5.41) is 11.1. The Morgan fingerprint density at radius 3 is 2.71 bits per heavy atom. The van der Waals surface area contributed by atoms with Crippen molar-refractivity contribution in [2.75, 3.05) is 0 Å². The fourth-order valence-electron chi connectivity index (χ4n) is 2.52. The monoisotopic (exact) mass is 382 g/mol. The van der Waals surface area contributed by atoms with E-state index >= 15 is 0 Å². The fraction of sp³-hybridized carbons (Fsp3) is 0.0500. The number of carboxylic acid groups (broad SMARTS) is 1. The summed E-state index contributed by atoms with van der Waals surface area (Å²) in [4.78, 5) is 10.8. The first-order valence-electron chi connectivity index (χ1n) is 7.43. The van der Waals surface area contributed by atoms with Gasteiger partial charge < -0.3 is 9.84 Å². The second-order valence-electron chi connectivity index (χ2n) is 5.28. The standard InChI is InChI=1S/C20H15BrO3/c21-17-9-10-19(15(12-17)8-11-20(22)23)24-13-16-6-3-5-14-4-1-2-7-18(14)16/h1-12H,13H2,(H,22,23). The molecule has 0 aliphatic carbocycles. The van der Waals surface area contributed by atoms with Crippen LogP contribution in [0.2, 0.25) is 0 Å². The maximum Gasteiger partial charge on any atom is 0.328 e. The maximum absolute atomic E-state index is 10.8. The lowest BCUT2D eigenvalue weighted by atomic mass is 10.1. The van der Waals surface area contributed by atoms with Crippen LogP contribution in [0.5, 0.6) is 5.75 Å². The highest BCUT2D eigenvalue weighted by Gasteiger charge is 2.05. The van der Waals surface area contributed by atoms with Gasteiger partial charge in [-0.15, -0.1) is 0 Å². The van der Waals surface area contributed by atoms with Crippen molar-refractivity contribution in [2.24, 2.45) is 0 Å². The molecule has 4 heteroatoms. The molecule has 24 heavy (non-hydrogen) atoms. The highest BCUT2D eigenvalue weighted by atomic mass is 79.9. The third-order valence-electron chi connectivity index (χ3n) is 3.64. The molecule has 0 aliphatic heterocycles. The van der Waals surface area contributed by atoms with Crippen molar-refractivity contribution in [3.63, 3.8) is 0 Å². The van der Waals surface area contributed by atoms with Gasteiger partial charge >= 0.3 is 5.97 Å². The summed E-state index contributed by atoms with van der Waals surface area (Å²) >= 11 is 3.40. The number of halogens is 1. The molecular weight excluding hydrogens is 368 g/mol. The third kappa shape index (κ3) is 3.84. The largest absolute Gasteiger partial charge is 0.488 e. The van der Waals surface area contributed by atoms with Gasteiger partial charge in [0.05, 0.1) is 0 Å². The smallest absolute Gasteiger partial charge is 0.328 e. The first-order valence-corrected chi connectivity index (χ1v) is 8.23. The number of carboxylic acids is 1. The number of hydrogen-bond acceptors (Lipinski definition) is 2. The molecule has 0 aromatic heterocycles. The zero-order valence-corrected chi connectivity index (χ0v) is 14.4. The van der Waals surface area contributed by atoms with Crippen molar-refractivity contribution in [3.8, 4) is 5.75 Å². The number of carbonyl (C=O) groups is 1. The minimum Gasteiger partial charge on any atom is -0.488 e. The van der Waals surface area contributed by atoms with Gasteiger partial charge in [-0.2, -0.15) is 0 Å². The van der Waals surface area contributed by atoms with E-state index in [1.807, 2.05) is 42.5 Å². The predicted molar refractivity (Wildman–Crippen MR) is 99.1 cm³/mol. The molecule has 120 valence electrons. The molecule has 0 fully saturated rings. The first kappa shape index (κ1) is 16.3. The van der Waals surface area contributed by atoms with Crippen molar-refractivity contribution >= 4 is 38.7 Å². The van der Waals surface area contributed by atoms with Crippen molar-refractivity contribution in [1.29, 1.82) is 0 Å². The van der Waals surface area contributed by atoms with Crippen molar-refractivity contribution in [3.05, 3.63) is 82.3 Å². The van der Waals surface area contributed by atoms with Crippen molar-refractivity contribution < 1.29 is 14.6 Å². The molecular formula is C20H15BrO3. The average Bonchev–Trinajstić information content (AvgIpc) is 2.59. The molecule has 3 rings (SSSR count). The van der Waals surface area contributed by atoms with Crippen LogP contribution in [-0.2, 0) is 11.4 Å². The van der Waals surface area contributed by atoms with Gasteiger partial charge in [0.1, 0.15) is 12.4 Å². The minimum atomic E-state index is -0.991. The summed E-state index contributed by atoms with van der Waals surface area (Å²) in [6.45, 7) is 0.414. The molecule has 0 unspecified atom stereocenters. The molecule has 3 aromatic carbocycles. The van der Waals surface area contributed by atoms with Gasteiger partial charge in [0.25, 0.3) is 0 Å². The van der Waals surface area contributed by atoms with Gasteiger partial charge in [0.2, 0.25) is 0 Å². The van der Waals surface area contributed by atoms with Gasteiger partial charge in [-0.05, 0) is 40.6 Å². The van der Waals surface area contributed by atoms with Gasteiger partial charge in [0.15, 0.2) is 0 Å². The lowest BCUT2D eigenvalue weighted by Crippen LogP contribution is -1.98. The molecule has 0 amide bonds. The normalized spacial score (nSPS) is 11.0. The molecule has 0 bridgehead atoms. The van der Waals surface area contributed by atoms with Crippen molar-refractivity contribution in [2.45, 2.75) is 6.61 Å². The molecule has 1 N–H and O–H groups in total. The quantitative estimate of drug-likeness (QED) is 0.610. The Labute approximate surface area is 148 Å². The van der Waals surface area contributed by atoms with E-state index in [0.29, 0.717) is 17.9 Å². The molecule has 0 aliphatic rings. The summed E-state index contributed by atoms with van der Waals surface area (Å²) in [6.07, 6.45) is 2.64. The van der Waals surface area contributed by atoms with Gasteiger partial charge in [-0.1, -0.05) is 58.4 Å². The topological polar surface area (TPSA) is 46.5 Å². The summed E-state index contributed by atoms with van der Waals surface area (Å²) < 4.78 is 6.82. The highest BCUT2D eigenvalue weighted by Crippen LogP contribution is 2.26. The second-order valence-corrected chi connectivity index (χ2v) is 6.20. The number of rotatable bonds is 5. The average molecular weight is 383 g/mol. The Hall–Kier alpha value is -2.59. The molecule has 0 saturated heterocycles.